The molecule has 0 saturated heterocycles. The van der Waals surface area contributed by atoms with Gasteiger partial charge in [-0.1, -0.05) is 18.2 Å². The number of carbonyl (C=O) groups is 1. The van der Waals surface area contributed by atoms with E-state index in [1.165, 1.54) is 6.92 Å². The number of nitrogens with one attached hydrogen (secondary N) is 1. The summed E-state index contributed by atoms with van der Waals surface area (Å²) in [6, 6.07) is 9.46. The molecule has 92 valence electrons. The van der Waals surface area contributed by atoms with Gasteiger partial charge in [-0.2, -0.15) is 5.10 Å². The molecular weight excluding hydrogens is 230 g/mol. The van der Waals surface area contributed by atoms with Crippen LogP contribution in [0.4, 0.5) is 5.69 Å². The number of carboxylic acid groups (broad SMARTS) is 1. The van der Waals surface area contributed by atoms with E-state index in [4.69, 9.17) is 5.11 Å². The lowest BCUT2D eigenvalue weighted by Crippen LogP contribution is -2.10. The average Bonchev–Trinajstić information content (AvgIpc) is 2.35. The first kappa shape index (κ1) is 12.0. The van der Waals surface area contributed by atoms with Gasteiger partial charge in [0.15, 0.2) is 0 Å². The molecule has 0 aliphatic carbocycles. The minimum Gasteiger partial charge on any atom is -0.477 e. The van der Waals surface area contributed by atoms with Crippen LogP contribution >= 0.6 is 0 Å². The number of carboxylic acids is 1. The van der Waals surface area contributed by atoms with Crippen LogP contribution in [0.5, 0.6) is 0 Å². The second-order valence-corrected chi connectivity index (χ2v) is 3.94. The number of hydrogen-bond donors (Lipinski definition) is 2. The molecule has 0 spiro atoms. The Morgan fingerprint density at radius 1 is 1.39 bits per heavy atom. The Morgan fingerprint density at radius 2 is 2.11 bits per heavy atom. The quantitative estimate of drug-likeness (QED) is 0.641. The Labute approximate surface area is 104 Å². The number of benzene rings is 1. The number of anilines is 1. The van der Waals surface area contributed by atoms with Crippen molar-refractivity contribution in [2.45, 2.75) is 13.8 Å². The van der Waals surface area contributed by atoms with Crippen molar-refractivity contribution in [3.05, 3.63) is 36.0 Å². The number of fused-ring (bicyclic) bond motifs is 1. The number of hydrogen-bond acceptors (Lipinski definition) is 4. The van der Waals surface area contributed by atoms with Crippen LogP contribution in [-0.2, 0) is 4.79 Å². The molecule has 2 N–H and O–H groups in total. The van der Waals surface area contributed by atoms with Crippen molar-refractivity contribution in [2.75, 3.05) is 5.43 Å². The van der Waals surface area contributed by atoms with E-state index in [1.807, 2.05) is 37.3 Å². The second kappa shape index (κ2) is 4.83. The Morgan fingerprint density at radius 3 is 2.83 bits per heavy atom. The molecule has 0 fully saturated rings. The van der Waals surface area contributed by atoms with Crippen molar-refractivity contribution in [1.29, 1.82) is 0 Å². The molecule has 5 heteroatoms. The summed E-state index contributed by atoms with van der Waals surface area (Å²) in [6.07, 6.45) is 0. The van der Waals surface area contributed by atoms with E-state index in [1.54, 1.807) is 0 Å². The van der Waals surface area contributed by atoms with Crippen LogP contribution in [0.2, 0.25) is 0 Å². The average molecular weight is 243 g/mol. The molecule has 0 bridgehead atoms. The Bertz CT molecular complexity index is 635. The van der Waals surface area contributed by atoms with Crippen molar-refractivity contribution in [3.63, 3.8) is 0 Å². The van der Waals surface area contributed by atoms with Crippen LogP contribution in [0, 0.1) is 6.92 Å². The van der Waals surface area contributed by atoms with Crippen molar-refractivity contribution in [2.24, 2.45) is 5.10 Å². The zero-order valence-electron chi connectivity index (χ0n) is 10.1. The number of nitrogens with zero attached hydrogens (tertiary/aromatic N) is 2. The summed E-state index contributed by atoms with van der Waals surface area (Å²) >= 11 is 0. The van der Waals surface area contributed by atoms with Crippen molar-refractivity contribution in [3.8, 4) is 0 Å². The maximum atomic E-state index is 10.7. The van der Waals surface area contributed by atoms with Crippen molar-refractivity contribution >= 4 is 28.3 Å². The van der Waals surface area contributed by atoms with Gasteiger partial charge in [0, 0.05) is 11.1 Å². The van der Waals surface area contributed by atoms with E-state index in [2.05, 4.69) is 15.5 Å². The number of aryl methyl sites for hydroxylation is 1. The van der Waals surface area contributed by atoms with Gasteiger partial charge >= 0.3 is 5.97 Å². The van der Waals surface area contributed by atoms with Crippen LogP contribution in [0.3, 0.4) is 0 Å². The SMILES string of the molecule is C/C(=N\Nc1cc(C)nc2ccccc12)C(=O)O. The minimum atomic E-state index is -1.04. The maximum absolute atomic E-state index is 10.7. The molecule has 2 aromatic rings. The van der Waals surface area contributed by atoms with Crippen LogP contribution < -0.4 is 5.43 Å². The molecular formula is C13H13N3O2. The molecule has 1 aromatic carbocycles. The van der Waals surface area contributed by atoms with Gasteiger partial charge in [-0.25, -0.2) is 4.79 Å². The van der Waals surface area contributed by atoms with Gasteiger partial charge in [0.05, 0.1) is 11.2 Å². The van der Waals surface area contributed by atoms with Gasteiger partial charge in [-0.3, -0.25) is 10.4 Å². The molecule has 0 amide bonds. The van der Waals surface area contributed by atoms with E-state index in [0.717, 1.165) is 22.3 Å². The predicted molar refractivity (Wildman–Crippen MR) is 70.8 cm³/mol. The fraction of sp³-hybridized carbons (Fsp3) is 0.154. The summed E-state index contributed by atoms with van der Waals surface area (Å²) in [7, 11) is 0. The molecule has 18 heavy (non-hydrogen) atoms. The monoisotopic (exact) mass is 243 g/mol. The van der Waals surface area contributed by atoms with Crippen LogP contribution in [-0.4, -0.2) is 21.8 Å². The first-order valence-corrected chi connectivity index (χ1v) is 5.48. The number of hydrazone groups is 1. The summed E-state index contributed by atoms with van der Waals surface area (Å²) in [5, 5.41) is 13.5. The third kappa shape index (κ3) is 2.45. The predicted octanol–water partition coefficient (Wildman–Crippen LogP) is 2.42. The van der Waals surface area contributed by atoms with E-state index in [9.17, 15) is 4.79 Å². The van der Waals surface area contributed by atoms with E-state index < -0.39 is 5.97 Å². The molecule has 0 atom stereocenters. The van der Waals surface area contributed by atoms with Crippen molar-refractivity contribution in [1.82, 2.24) is 4.98 Å². The highest BCUT2D eigenvalue weighted by molar-refractivity contribution is 6.34. The summed E-state index contributed by atoms with van der Waals surface area (Å²) in [4.78, 5) is 15.1. The highest BCUT2D eigenvalue weighted by Gasteiger charge is 2.04. The highest BCUT2D eigenvalue weighted by atomic mass is 16.4. The Kier molecular flexibility index (Phi) is 3.23. The van der Waals surface area contributed by atoms with Gasteiger partial charge < -0.3 is 5.11 Å². The molecule has 2 rings (SSSR count). The number of aromatic nitrogens is 1. The Balaban J connectivity index is 2.44. The van der Waals surface area contributed by atoms with Crippen molar-refractivity contribution < 1.29 is 9.90 Å². The normalized spacial score (nSPS) is 11.6. The third-order valence-electron chi connectivity index (χ3n) is 2.50. The number of pyridine rings is 1. The van der Waals surface area contributed by atoms with E-state index in [-0.39, 0.29) is 5.71 Å². The molecule has 0 saturated carbocycles. The maximum Gasteiger partial charge on any atom is 0.351 e. The largest absolute Gasteiger partial charge is 0.477 e. The summed E-state index contributed by atoms with van der Waals surface area (Å²) in [6.45, 7) is 3.32. The zero-order chi connectivity index (χ0) is 13.1. The van der Waals surface area contributed by atoms with Gasteiger partial charge in [0.25, 0.3) is 0 Å². The zero-order valence-corrected chi connectivity index (χ0v) is 10.1. The first-order valence-electron chi connectivity index (χ1n) is 5.48. The standard InChI is InChI=1S/C13H13N3O2/c1-8-7-12(16-15-9(2)13(17)18)10-5-3-4-6-11(10)14-8/h3-7H,1-2H3,(H,14,16)(H,17,18)/b15-9+. The second-order valence-electron chi connectivity index (χ2n) is 3.94. The number of para-hydroxylation sites is 1. The van der Waals surface area contributed by atoms with Crippen LogP contribution in [0.15, 0.2) is 35.4 Å². The molecule has 1 aromatic heterocycles. The highest BCUT2D eigenvalue weighted by Crippen LogP contribution is 2.22. The smallest absolute Gasteiger partial charge is 0.351 e. The molecule has 0 aliphatic heterocycles. The van der Waals surface area contributed by atoms with Crippen LogP contribution in [0.1, 0.15) is 12.6 Å². The summed E-state index contributed by atoms with van der Waals surface area (Å²) in [5.41, 5.74) is 5.23. The number of rotatable bonds is 3. The topological polar surface area (TPSA) is 74.6 Å². The van der Waals surface area contributed by atoms with Gasteiger partial charge in [-0.15, -0.1) is 0 Å². The van der Waals surface area contributed by atoms with Crippen LogP contribution in [0.25, 0.3) is 10.9 Å². The lowest BCUT2D eigenvalue weighted by Gasteiger charge is -2.07. The molecule has 5 nitrogen and oxygen atoms in total. The lowest BCUT2D eigenvalue weighted by molar-refractivity contribution is -0.129. The number of aliphatic carboxylic acids is 1. The summed E-state index contributed by atoms with van der Waals surface area (Å²) < 4.78 is 0. The fourth-order valence-corrected chi connectivity index (χ4v) is 1.59. The first-order chi connectivity index (χ1) is 8.58. The van der Waals surface area contributed by atoms with E-state index >= 15 is 0 Å². The summed E-state index contributed by atoms with van der Waals surface area (Å²) in [5.74, 6) is -1.04. The Hall–Kier alpha value is -2.43. The fourth-order valence-electron chi connectivity index (χ4n) is 1.59. The lowest BCUT2D eigenvalue weighted by atomic mass is 10.1. The van der Waals surface area contributed by atoms with Gasteiger partial charge in [-0.05, 0) is 26.0 Å². The minimum absolute atomic E-state index is 0.00791. The molecule has 0 unspecified atom stereocenters. The van der Waals surface area contributed by atoms with Gasteiger partial charge in [0.2, 0.25) is 0 Å². The third-order valence-corrected chi connectivity index (χ3v) is 2.50. The van der Waals surface area contributed by atoms with Gasteiger partial charge in [0.1, 0.15) is 5.71 Å². The molecule has 0 radical (unpaired) electrons. The van der Waals surface area contributed by atoms with E-state index in [0.29, 0.717) is 0 Å². The molecule has 1 heterocycles. The molecule has 0 aliphatic rings.